The summed E-state index contributed by atoms with van der Waals surface area (Å²) in [6, 6.07) is 13.5. The maximum atomic E-state index is 11.5. The predicted molar refractivity (Wildman–Crippen MR) is 129 cm³/mol. The average molecular weight is 538 g/mol. The number of rotatable bonds is 14. The van der Waals surface area contributed by atoms with Crippen LogP contribution in [0.1, 0.15) is 32.1 Å². The average Bonchev–Trinajstić information content (AvgIpc) is 2.74. The van der Waals surface area contributed by atoms with Crippen LogP contribution in [0.15, 0.2) is 48.5 Å². The standard InChI is InChI=1S/C23H24Cl4O6/c24-20(25)14-22(28)32-18-8-4-16(5-9-18)30-12-2-1-3-13-31-17-6-10-19(11-7-17)33-23(29)15-21(26)27/h4-11,20-21H,1-3,12-15H2. The van der Waals surface area contributed by atoms with Gasteiger partial charge in [-0.15, -0.1) is 46.4 Å². The highest BCUT2D eigenvalue weighted by atomic mass is 35.5. The molecule has 0 fully saturated rings. The summed E-state index contributed by atoms with van der Waals surface area (Å²) in [5.74, 6) is 1.20. The van der Waals surface area contributed by atoms with E-state index in [-0.39, 0.29) is 12.8 Å². The zero-order valence-corrected chi connectivity index (χ0v) is 20.7. The molecule has 2 aromatic rings. The van der Waals surface area contributed by atoms with Gasteiger partial charge in [-0.3, -0.25) is 9.59 Å². The molecule has 0 N–H and O–H groups in total. The highest BCUT2D eigenvalue weighted by molar-refractivity contribution is 6.45. The Morgan fingerprint density at radius 1 is 0.576 bits per heavy atom. The first-order chi connectivity index (χ1) is 15.8. The summed E-state index contributed by atoms with van der Waals surface area (Å²) in [5, 5.41) is 0. The van der Waals surface area contributed by atoms with E-state index in [2.05, 4.69) is 0 Å². The molecule has 2 aromatic carbocycles. The lowest BCUT2D eigenvalue weighted by Gasteiger charge is -2.09. The summed E-state index contributed by atoms with van der Waals surface area (Å²) in [5.41, 5.74) is 0. The van der Waals surface area contributed by atoms with Crippen molar-refractivity contribution in [2.75, 3.05) is 13.2 Å². The number of benzene rings is 2. The quantitative estimate of drug-likeness (QED) is 0.118. The van der Waals surface area contributed by atoms with Gasteiger partial charge in [0.1, 0.15) is 32.7 Å². The van der Waals surface area contributed by atoms with Crippen LogP contribution in [0.2, 0.25) is 0 Å². The molecule has 6 nitrogen and oxygen atoms in total. The van der Waals surface area contributed by atoms with Crippen molar-refractivity contribution in [1.29, 1.82) is 0 Å². The molecule has 0 saturated carbocycles. The molecular formula is C23H24Cl4O6. The van der Waals surface area contributed by atoms with Gasteiger partial charge in [-0.25, -0.2) is 0 Å². The number of carbonyl (C=O) groups excluding carboxylic acids is 2. The number of ether oxygens (including phenoxy) is 4. The van der Waals surface area contributed by atoms with E-state index in [9.17, 15) is 9.59 Å². The van der Waals surface area contributed by atoms with Crippen LogP contribution in [-0.2, 0) is 9.59 Å². The van der Waals surface area contributed by atoms with E-state index < -0.39 is 21.6 Å². The summed E-state index contributed by atoms with van der Waals surface area (Å²) in [6.07, 6.45) is 2.52. The van der Waals surface area contributed by atoms with Crippen molar-refractivity contribution in [3.63, 3.8) is 0 Å². The number of carbonyl (C=O) groups is 2. The molecule has 0 aliphatic heterocycles. The minimum Gasteiger partial charge on any atom is -0.494 e. The third-order valence-electron chi connectivity index (χ3n) is 4.08. The van der Waals surface area contributed by atoms with Crippen molar-refractivity contribution in [1.82, 2.24) is 0 Å². The molecule has 0 unspecified atom stereocenters. The fourth-order valence-corrected chi connectivity index (χ4v) is 3.07. The zero-order valence-electron chi connectivity index (χ0n) is 17.7. The van der Waals surface area contributed by atoms with Crippen LogP contribution in [0.25, 0.3) is 0 Å². The molecule has 0 atom stereocenters. The fourth-order valence-electron chi connectivity index (χ4n) is 2.57. The number of alkyl halides is 4. The van der Waals surface area contributed by atoms with Gasteiger partial charge in [0.05, 0.1) is 26.1 Å². The second kappa shape index (κ2) is 15.1. The van der Waals surface area contributed by atoms with Gasteiger partial charge >= 0.3 is 11.9 Å². The first-order valence-electron chi connectivity index (χ1n) is 10.2. The Kier molecular flexibility index (Phi) is 12.5. The van der Waals surface area contributed by atoms with Gasteiger partial charge in [0.15, 0.2) is 0 Å². The van der Waals surface area contributed by atoms with Crippen LogP contribution in [0.3, 0.4) is 0 Å². The maximum Gasteiger partial charge on any atom is 0.313 e. The van der Waals surface area contributed by atoms with Crippen LogP contribution in [0, 0.1) is 0 Å². The molecule has 180 valence electrons. The van der Waals surface area contributed by atoms with Gasteiger partial charge in [0, 0.05) is 0 Å². The van der Waals surface area contributed by atoms with Crippen LogP contribution in [-0.4, -0.2) is 34.8 Å². The lowest BCUT2D eigenvalue weighted by atomic mass is 10.2. The molecule has 2 rings (SSSR count). The van der Waals surface area contributed by atoms with Crippen molar-refractivity contribution >= 4 is 58.3 Å². The SMILES string of the molecule is O=C(CC(Cl)Cl)Oc1ccc(OCCCCCOc2ccc(OC(=O)CC(Cl)Cl)cc2)cc1. The summed E-state index contributed by atoms with van der Waals surface area (Å²) in [4.78, 5) is 21.5. The second-order valence-electron chi connectivity index (χ2n) is 6.84. The van der Waals surface area contributed by atoms with E-state index >= 15 is 0 Å². The van der Waals surface area contributed by atoms with Crippen LogP contribution >= 0.6 is 46.4 Å². The van der Waals surface area contributed by atoms with Crippen molar-refractivity contribution in [2.45, 2.75) is 41.8 Å². The minimum atomic E-state index is -0.788. The molecule has 0 radical (unpaired) electrons. The van der Waals surface area contributed by atoms with Crippen LogP contribution in [0.5, 0.6) is 23.0 Å². The number of esters is 2. The molecule has 0 aliphatic rings. The van der Waals surface area contributed by atoms with E-state index in [4.69, 9.17) is 65.4 Å². The molecule has 0 aliphatic carbocycles. The van der Waals surface area contributed by atoms with E-state index in [1.807, 2.05) is 0 Å². The third kappa shape index (κ3) is 12.2. The van der Waals surface area contributed by atoms with Crippen molar-refractivity contribution in [2.24, 2.45) is 0 Å². The Morgan fingerprint density at radius 2 is 0.909 bits per heavy atom. The largest absolute Gasteiger partial charge is 0.494 e. The summed E-state index contributed by atoms with van der Waals surface area (Å²) < 4.78 is 21.6. The number of hydrogen-bond acceptors (Lipinski definition) is 6. The Balaban J connectivity index is 1.56. The number of unbranched alkanes of at least 4 members (excludes halogenated alkanes) is 2. The highest BCUT2D eigenvalue weighted by Gasteiger charge is 2.11. The van der Waals surface area contributed by atoms with Gasteiger partial charge in [-0.2, -0.15) is 0 Å². The molecule has 0 saturated heterocycles. The second-order valence-corrected chi connectivity index (χ2v) is 9.39. The monoisotopic (exact) mass is 536 g/mol. The topological polar surface area (TPSA) is 71.1 Å². The summed E-state index contributed by atoms with van der Waals surface area (Å²) in [6.45, 7) is 1.12. The summed E-state index contributed by atoms with van der Waals surface area (Å²) in [7, 11) is 0. The molecule has 0 spiro atoms. The number of hydrogen-bond donors (Lipinski definition) is 0. The number of halogens is 4. The zero-order chi connectivity index (χ0) is 24.1. The van der Waals surface area contributed by atoms with E-state index in [0.717, 1.165) is 19.3 Å². The summed E-state index contributed by atoms with van der Waals surface area (Å²) >= 11 is 22.2. The Labute approximate surface area is 212 Å². The molecule has 0 amide bonds. The van der Waals surface area contributed by atoms with E-state index in [1.54, 1.807) is 48.5 Å². The molecular weight excluding hydrogens is 514 g/mol. The van der Waals surface area contributed by atoms with Gasteiger partial charge in [0.2, 0.25) is 0 Å². The van der Waals surface area contributed by atoms with Gasteiger partial charge < -0.3 is 18.9 Å². The smallest absolute Gasteiger partial charge is 0.313 e. The van der Waals surface area contributed by atoms with Crippen molar-refractivity contribution in [3.05, 3.63) is 48.5 Å². The van der Waals surface area contributed by atoms with Gasteiger partial charge in [-0.1, -0.05) is 0 Å². The molecule has 0 heterocycles. The van der Waals surface area contributed by atoms with Gasteiger partial charge in [0.25, 0.3) is 0 Å². The molecule has 33 heavy (non-hydrogen) atoms. The highest BCUT2D eigenvalue weighted by Crippen LogP contribution is 2.21. The third-order valence-corrected chi connectivity index (χ3v) is 4.70. The Hall–Kier alpha value is -1.86. The normalized spacial score (nSPS) is 10.8. The molecule has 0 bridgehead atoms. The first-order valence-corrected chi connectivity index (χ1v) is 12.0. The Bertz CT molecular complexity index is 785. The first kappa shape index (κ1) is 27.4. The maximum absolute atomic E-state index is 11.5. The molecule has 10 heteroatoms. The minimum absolute atomic E-state index is 0.0732. The van der Waals surface area contributed by atoms with E-state index in [0.29, 0.717) is 36.2 Å². The lowest BCUT2D eigenvalue weighted by Crippen LogP contribution is -2.11. The van der Waals surface area contributed by atoms with Gasteiger partial charge in [-0.05, 0) is 67.8 Å². The van der Waals surface area contributed by atoms with Crippen LogP contribution in [0.4, 0.5) is 0 Å². The Morgan fingerprint density at radius 3 is 1.24 bits per heavy atom. The molecule has 0 aromatic heterocycles. The van der Waals surface area contributed by atoms with Crippen molar-refractivity contribution < 1.29 is 28.5 Å². The van der Waals surface area contributed by atoms with E-state index in [1.165, 1.54) is 0 Å². The lowest BCUT2D eigenvalue weighted by molar-refractivity contribution is -0.135. The van der Waals surface area contributed by atoms with Crippen LogP contribution < -0.4 is 18.9 Å². The predicted octanol–water partition coefficient (Wildman–Crippen LogP) is 6.51. The van der Waals surface area contributed by atoms with Crippen molar-refractivity contribution in [3.8, 4) is 23.0 Å². The fraction of sp³-hybridized carbons (Fsp3) is 0.391.